The summed E-state index contributed by atoms with van der Waals surface area (Å²) in [6, 6.07) is 2.00. The number of morpholine rings is 1. The van der Waals surface area contributed by atoms with Crippen molar-refractivity contribution in [1.82, 2.24) is 19.9 Å². The molecule has 0 spiro atoms. The summed E-state index contributed by atoms with van der Waals surface area (Å²) in [5.41, 5.74) is 2.86. The Hall–Kier alpha value is -1.86. The van der Waals surface area contributed by atoms with E-state index in [1.54, 1.807) is 17.7 Å². The molecule has 1 saturated heterocycles. The fourth-order valence-electron chi connectivity index (χ4n) is 2.83. The van der Waals surface area contributed by atoms with Crippen molar-refractivity contribution >= 4 is 17.2 Å². The normalized spacial score (nSPS) is 17.9. The van der Waals surface area contributed by atoms with Gasteiger partial charge >= 0.3 is 0 Å². The van der Waals surface area contributed by atoms with Crippen LogP contribution in [0.15, 0.2) is 17.8 Å². The second kappa shape index (κ2) is 7.81. The van der Waals surface area contributed by atoms with Gasteiger partial charge in [-0.2, -0.15) is 0 Å². The number of hydrogen-bond donors (Lipinski definition) is 0. The molecule has 1 aliphatic rings. The maximum Gasteiger partial charge on any atom is 0.228 e. The van der Waals surface area contributed by atoms with E-state index < -0.39 is 0 Å². The summed E-state index contributed by atoms with van der Waals surface area (Å²) in [5, 5.41) is 2.96. The molecule has 1 atom stereocenters. The van der Waals surface area contributed by atoms with Gasteiger partial charge in [-0.15, -0.1) is 11.3 Å². The van der Waals surface area contributed by atoms with Crippen molar-refractivity contribution in [3.05, 3.63) is 39.9 Å². The monoisotopic (exact) mass is 346 g/mol. The molecule has 1 amide bonds. The minimum Gasteiger partial charge on any atom is -0.375 e. The maximum atomic E-state index is 12.5. The molecular formula is C17H22N4O2S. The SMILES string of the molecule is Cc1cc(CCC2CN(C(=O)Cc3csc(C)n3)CCO2)ncn1. The molecule has 0 aromatic carbocycles. The maximum absolute atomic E-state index is 12.5. The van der Waals surface area contributed by atoms with E-state index in [9.17, 15) is 4.79 Å². The summed E-state index contributed by atoms with van der Waals surface area (Å²) in [6.45, 7) is 5.81. The molecule has 2 aromatic rings. The van der Waals surface area contributed by atoms with Gasteiger partial charge < -0.3 is 9.64 Å². The Labute approximate surface area is 145 Å². The zero-order valence-corrected chi connectivity index (χ0v) is 14.9. The van der Waals surface area contributed by atoms with Crippen LogP contribution >= 0.6 is 11.3 Å². The Bertz CT molecular complexity index is 703. The fraction of sp³-hybridized carbons (Fsp3) is 0.529. The molecule has 1 fully saturated rings. The summed E-state index contributed by atoms with van der Waals surface area (Å²) in [7, 11) is 0. The zero-order valence-electron chi connectivity index (χ0n) is 14.1. The summed E-state index contributed by atoms with van der Waals surface area (Å²) in [4.78, 5) is 27.1. The number of rotatable bonds is 5. The van der Waals surface area contributed by atoms with Crippen molar-refractivity contribution in [1.29, 1.82) is 0 Å². The van der Waals surface area contributed by atoms with Crippen molar-refractivity contribution in [2.45, 2.75) is 39.2 Å². The molecule has 0 bridgehead atoms. The van der Waals surface area contributed by atoms with Crippen LogP contribution in [0.25, 0.3) is 0 Å². The Morgan fingerprint density at radius 3 is 3.00 bits per heavy atom. The molecule has 0 radical (unpaired) electrons. The first-order valence-corrected chi connectivity index (χ1v) is 9.06. The quantitative estimate of drug-likeness (QED) is 0.828. The Kier molecular flexibility index (Phi) is 5.52. The highest BCUT2D eigenvalue weighted by Gasteiger charge is 2.24. The Balaban J connectivity index is 1.51. The molecule has 0 N–H and O–H groups in total. The molecule has 128 valence electrons. The number of amides is 1. The summed E-state index contributed by atoms with van der Waals surface area (Å²) in [6.07, 6.45) is 3.73. The summed E-state index contributed by atoms with van der Waals surface area (Å²) < 4.78 is 5.81. The molecule has 7 heteroatoms. The number of carbonyl (C=O) groups is 1. The van der Waals surface area contributed by atoms with Crippen LogP contribution in [0.2, 0.25) is 0 Å². The van der Waals surface area contributed by atoms with Crippen molar-refractivity contribution in [2.75, 3.05) is 19.7 Å². The van der Waals surface area contributed by atoms with Crippen molar-refractivity contribution < 1.29 is 9.53 Å². The molecular weight excluding hydrogens is 324 g/mol. The van der Waals surface area contributed by atoms with Crippen LogP contribution in [0.4, 0.5) is 0 Å². The highest BCUT2D eigenvalue weighted by Crippen LogP contribution is 2.14. The predicted molar refractivity (Wildman–Crippen MR) is 92.0 cm³/mol. The van der Waals surface area contributed by atoms with Crippen LogP contribution < -0.4 is 0 Å². The van der Waals surface area contributed by atoms with Gasteiger partial charge in [-0.1, -0.05) is 0 Å². The van der Waals surface area contributed by atoms with Crippen LogP contribution in [0, 0.1) is 13.8 Å². The Morgan fingerprint density at radius 1 is 1.38 bits per heavy atom. The third-order valence-corrected chi connectivity index (χ3v) is 4.90. The second-order valence-electron chi connectivity index (χ2n) is 6.06. The van der Waals surface area contributed by atoms with Gasteiger partial charge in [-0.05, 0) is 32.8 Å². The average Bonchev–Trinajstić information content (AvgIpc) is 2.98. The van der Waals surface area contributed by atoms with Crippen LogP contribution in [0.1, 0.15) is 28.5 Å². The highest BCUT2D eigenvalue weighted by atomic mass is 32.1. The summed E-state index contributed by atoms with van der Waals surface area (Å²) in [5.74, 6) is 0.131. The van der Waals surface area contributed by atoms with Gasteiger partial charge in [0.15, 0.2) is 0 Å². The number of carbonyl (C=O) groups excluding carboxylic acids is 1. The number of aromatic nitrogens is 3. The number of hydrogen-bond acceptors (Lipinski definition) is 6. The third kappa shape index (κ3) is 4.58. The lowest BCUT2D eigenvalue weighted by Crippen LogP contribution is -2.46. The van der Waals surface area contributed by atoms with Gasteiger partial charge in [0.1, 0.15) is 6.33 Å². The molecule has 2 aromatic heterocycles. The first-order chi connectivity index (χ1) is 11.6. The fourth-order valence-corrected chi connectivity index (χ4v) is 3.44. The van der Waals surface area contributed by atoms with Crippen LogP contribution in [-0.2, 0) is 22.4 Å². The molecule has 0 aliphatic carbocycles. The van der Waals surface area contributed by atoms with Gasteiger partial charge in [0, 0.05) is 29.9 Å². The van der Waals surface area contributed by atoms with Gasteiger partial charge in [-0.25, -0.2) is 15.0 Å². The number of aryl methyl sites for hydroxylation is 3. The van der Waals surface area contributed by atoms with Crippen molar-refractivity contribution in [3.63, 3.8) is 0 Å². The van der Waals surface area contributed by atoms with E-state index in [0.717, 1.165) is 34.9 Å². The lowest BCUT2D eigenvalue weighted by molar-refractivity contribution is -0.138. The van der Waals surface area contributed by atoms with Crippen LogP contribution in [-0.4, -0.2) is 51.6 Å². The first-order valence-electron chi connectivity index (χ1n) is 8.18. The predicted octanol–water partition coefficient (Wildman–Crippen LogP) is 1.95. The van der Waals surface area contributed by atoms with Gasteiger partial charge in [0.25, 0.3) is 0 Å². The third-order valence-electron chi connectivity index (χ3n) is 4.07. The molecule has 3 rings (SSSR count). The first kappa shape index (κ1) is 17.0. The van der Waals surface area contributed by atoms with E-state index >= 15 is 0 Å². The van der Waals surface area contributed by atoms with Crippen LogP contribution in [0.3, 0.4) is 0 Å². The van der Waals surface area contributed by atoms with Gasteiger partial charge in [-0.3, -0.25) is 4.79 Å². The smallest absolute Gasteiger partial charge is 0.228 e. The highest BCUT2D eigenvalue weighted by molar-refractivity contribution is 7.09. The molecule has 1 unspecified atom stereocenters. The molecule has 6 nitrogen and oxygen atoms in total. The van der Waals surface area contributed by atoms with E-state index in [1.165, 1.54) is 0 Å². The average molecular weight is 346 g/mol. The largest absolute Gasteiger partial charge is 0.375 e. The molecule has 0 saturated carbocycles. The molecule has 24 heavy (non-hydrogen) atoms. The van der Waals surface area contributed by atoms with E-state index in [-0.39, 0.29) is 12.0 Å². The van der Waals surface area contributed by atoms with Gasteiger partial charge in [0.05, 0.1) is 29.8 Å². The number of thiazole rings is 1. The number of nitrogens with zero attached hydrogens (tertiary/aromatic N) is 4. The van der Waals surface area contributed by atoms with Crippen molar-refractivity contribution in [2.24, 2.45) is 0 Å². The summed E-state index contributed by atoms with van der Waals surface area (Å²) >= 11 is 1.58. The van der Waals surface area contributed by atoms with E-state index in [0.29, 0.717) is 26.1 Å². The topological polar surface area (TPSA) is 68.2 Å². The Morgan fingerprint density at radius 2 is 2.25 bits per heavy atom. The minimum atomic E-state index is 0.0649. The standard InChI is InChI=1S/C17H22N4O2S/c1-12-7-14(19-11-18-12)3-4-16-9-21(5-6-23-16)17(22)8-15-10-24-13(2)20-15/h7,10-11,16H,3-6,8-9H2,1-2H3. The van der Waals surface area contributed by atoms with E-state index in [4.69, 9.17) is 4.74 Å². The zero-order chi connectivity index (χ0) is 16.9. The van der Waals surface area contributed by atoms with E-state index in [1.807, 2.05) is 30.2 Å². The lowest BCUT2D eigenvalue weighted by Gasteiger charge is -2.33. The van der Waals surface area contributed by atoms with E-state index in [2.05, 4.69) is 15.0 Å². The molecule has 1 aliphatic heterocycles. The minimum absolute atomic E-state index is 0.0649. The molecule has 3 heterocycles. The number of ether oxygens (including phenoxy) is 1. The van der Waals surface area contributed by atoms with Crippen LogP contribution in [0.5, 0.6) is 0 Å². The van der Waals surface area contributed by atoms with Gasteiger partial charge in [0.2, 0.25) is 5.91 Å². The van der Waals surface area contributed by atoms with Crippen molar-refractivity contribution in [3.8, 4) is 0 Å². The second-order valence-corrected chi connectivity index (χ2v) is 7.12. The lowest BCUT2D eigenvalue weighted by atomic mass is 10.1.